The zero-order chi connectivity index (χ0) is 10.5. The quantitative estimate of drug-likeness (QED) is 0.829. The van der Waals surface area contributed by atoms with Crippen molar-refractivity contribution in [3.63, 3.8) is 0 Å². The van der Waals surface area contributed by atoms with Crippen LogP contribution in [0.4, 0.5) is 0 Å². The molecule has 0 bridgehead atoms. The summed E-state index contributed by atoms with van der Waals surface area (Å²) in [5.74, 6) is 1.20. The van der Waals surface area contributed by atoms with Crippen LogP contribution in [0.15, 0.2) is 24.5 Å². The van der Waals surface area contributed by atoms with E-state index < -0.39 is 0 Å². The first-order valence-electron chi connectivity index (χ1n) is 5.31. The van der Waals surface area contributed by atoms with E-state index in [4.69, 9.17) is 5.73 Å². The molecule has 2 rings (SSSR count). The van der Waals surface area contributed by atoms with E-state index in [2.05, 4.69) is 22.0 Å². The van der Waals surface area contributed by atoms with Gasteiger partial charge in [0.1, 0.15) is 0 Å². The molecule has 1 aliphatic rings. The Kier molecular flexibility index (Phi) is 4.00. The molecule has 1 saturated heterocycles. The van der Waals surface area contributed by atoms with E-state index in [1.807, 2.05) is 24.2 Å². The van der Waals surface area contributed by atoms with Gasteiger partial charge in [0.15, 0.2) is 0 Å². The fourth-order valence-corrected chi connectivity index (χ4v) is 2.96. The lowest BCUT2D eigenvalue weighted by Crippen LogP contribution is -2.40. The van der Waals surface area contributed by atoms with Crippen LogP contribution in [0, 0.1) is 0 Å². The summed E-state index contributed by atoms with van der Waals surface area (Å²) in [5.41, 5.74) is 7.04. The Morgan fingerprint density at radius 2 is 2.27 bits per heavy atom. The van der Waals surface area contributed by atoms with Crippen LogP contribution < -0.4 is 5.73 Å². The molecule has 82 valence electrons. The third kappa shape index (κ3) is 3.19. The van der Waals surface area contributed by atoms with Gasteiger partial charge in [-0.05, 0) is 17.7 Å². The van der Waals surface area contributed by atoms with Crippen LogP contribution in [-0.4, -0.2) is 40.5 Å². The van der Waals surface area contributed by atoms with Crippen molar-refractivity contribution in [2.24, 2.45) is 5.73 Å². The van der Waals surface area contributed by atoms with Crippen molar-refractivity contribution in [3.8, 4) is 0 Å². The molecule has 0 aromatic carbocycles. The number of hydrogen-bond acceptors (Lipinski definition) is 4. The second-order valence-corrected chi connectivity index (χ2v) is 5.23. The summed E-state index contributed by atoms with van der Waals surface area (Å²) in [7, 11) is 0. The lowest BCUT2D eigenvalue weighted by molar-refractivity contribution is 0.276. The van der Waals surface area contributed by atoms with E-state index in [0.29, 0.717) is 5.25 Å². The van der Waals surface area contributed by atoms with E-state index in [-0.39, 0.29) is 0 Å². The highest BCUT2D eigenvalue weighted by Gasteiger charge is 2.18. The average molecular weight is 223 g/mol. The van der Waals surface area contributed by atoms with Crippen molar-refractivity contribution in [1.29, 1.82) is 0 Å². The van der Waals surface area contributed by atoms with Gasteiger partial charge in [0.25, 0.3) is 0 Å². The van der Waals surface area contributed by atoms with Crippen LogP contribution in [-0.2, 0) is 6.54 Å². The average Bonchev–Trinajstić information content (AvgIpc) is 2.31. The van der Waals surface area contributed by atoms with Crippen LogP contribution >= 0.6 is 11.8 Å². The van der Waals surface area contributed by atoms with Crippen molar-refractivity contribution in [2.45, 2.75) is 11.8 Å². The Balaban J connectivity index is 1.89. The van der Waals surface area contributed by atoms with Crippen LogP contribution in [0.25, 0.3) is 0 Å². The van der Waals surface area contributed by atoms with Gasteiger partial charge in [-0.2, -0.15) is 11.8 Å². The lowest BCUT2D eigenvalue weighted by Gasteiger charge is -2.31. The van der Waals surface area contributed by atoms with Crippen molar-refractivity contribution in [1.82, 2.24) is 9.88 Å². The molecule has 0 radical (unpaired) electrons. The molecule has 1 aromatic rings. The minimum absolute atomic E-state index is 0.612. The Morgan fingerprint density at radius 3 is 3.00 bits per heavy atom. The summed E-state index contributed by atoms with van der Waals surface area (Å²) in [6, 6.07) is 4.17. The Morgan fingerprint density at radius 1 is 1.47 bits per heavy atom. The molecule has 0 amide bonds. The molecule has 1 aliphatic heterocycles. The topological polar surface area (TPSA) is 42.1 Å². The molecular formula is C11H17N3S. The number of hydrogen-bond donors (Lipinski definition) is 1. The molecule has 4 heteroatoms. The van der Waals surface area contributed by atoms with Crippen molar-refractivity contribution >= 4 is 11.8 Å². The largest absolute Gasteiger partial charge is 0.329 e. The number of rotatable bonds is 3. The highest BCUT2D eigenvalue weighted by molar-refractivity contribution is 8.00. The maximum absolute atomic E-state index is 5.70. The number of aromatic nitrogens is 1. The minimum Gasteiger partial charge on any atom is -0.329 e. The van der Waals surface area contributed by atoms with Gasteiger partial charge in [-0.1, -0.05) is 0 Å². The van der Waals surface area contributed by atoms with Crippen molar-refractivity contribution in [2.75, 3.05) is 25.4 Å². The second kappa shape index (κ2) is 5.49. The first-order chi connectivity index (χ1) is 7.38. The smallest absolute Gasteiger partial charge is 0.0298 e. The van der Waals surface area contributed by atoms with Crippen molar-refractivity contribution in [3.05, 3.63) is 30.1 Å². The van der Waals surface area contributed by atoms with Gasteiger partial charge in [-0.15, -0.1) is 0 Å². The standard InChI is InChI=1S/C11H17N3S/c12-7-11-9-14(5-6-15-11)8-10-1-3-13-4-2-10/h1-4,11H,5-9,12H2. The van der Waals surface area contributed by atoms with Gasteiger partial charge < -0.3 is 5.73 Å². The summed E-state index contributed by atoms with van der Waals surface area (Å²) in [5, 5.41) is 0.612. The molecule has 2 heterocycles. The number of nitrogens with two attached hydrogens (primary N) is 1. The van der Waals surface area contributed by atoms with Crippen LogP contribution in [0.5, 0.6) is 0 Å². The Hall–Kier alpha value is -0.580. The van der Waals surface area contributed by atoms with E-state index in [0.717, 1.165) is 19.6 Å². The fraction of sp³-hybridized carbons (Fsp3) is 0.545. The molecule has 15 heavy (non-hydrogen) atoms. The van der Waals surface area contributed by atoms with Gasteiger partial charge in [0.05, 0.1) is 0 Å². The van der Waals surface area contributed by atoms with E-state index in [9.17, 15) is 0 Å². The number of nitrogens with zero attached hydrogens (tertiary/aromatic N) is 2. The number of thioether (sulfide) groups is 1. The van der Waals surface area contributed by atoms with Crippen LogP contribution in [0.3, 0.4) is 0 Å². The second-order valence-electron chi connectivity index (χ2n) is 3.82. The molecule has 0 saturated carbocycles. The van der Waals surface area contributed by atoms with Crippen LogP contribution in [0.2, 0.25) is 0 Å². The first kappa shape index (κ1) is 10.9. The van der Waals surface area contributed by atoms with Gasteiger partial charge in [-0.3, -0.25) is 9.88 Å². The molecule has 0 aliphatic carbocycles. The monoisotopic (exact) mass is 223 g/mol. The summed E-state index contributed by atoms with van der Waals surface area (Å²) in [6.07, 6.45) is 3.71. The van der Waals surface area contributed by atoms with E-state index in [1.54, 1.807) is 0 Å². The Bertz CT molecular complexity index is 291. The van der Waals surface area contributed by atoms with Gasteiger partial charge >= 0.3 is 0 Å². The van der Waals surface area contributed by atoms with Crippen molar-refractivity contribution < 1.29 is 0 Å². The summed E-state index contributed by atoms with van der Waals surface area (Å²) >= 11 is 2.00. The highest BCUT2D eigenvalue weighted by Crippen LogP contribution is 2.18. The summed E-state index contributed by atoms with van der Waals surface area (Å²) < 4.78 is 0. The predicted molar refractivity (Wildman–Crippen MR) is 64.8 cm³/mol. The highest BCUT2D eigenvalue weighted by atomic mass is 32.2. The molecule has 1 fully saturated rings. The molecule has 1 unspecified atom stereocenters. The zero-order valence-electron chi connectivity index (χ0n) is 8.80. The fourth-order valence-electron chi connectivity index (χ4n) is 1.81. The SMILES string of the molecule is NCC1CN(Cc2ccncc2)CCS1. The molecule has 1 aromatic heterocycles. The summed E-state index contributed by atoms with van der Waals surface area (Å²) in [6.45, 7) is 4.10. The summed E-state index contributed by atoms with van der Waals surface area (Å²) in [4.78, 5) is 6.50. The van der Waals surface area contributed by atoms with E-state index in [1.165, 1.54) is 17.9 Å². The molecule has 0 spiro atoms. The maximum atomic E-state index is 5.70. The minimum atomic E-state index is 0.612. The van der Waals surface area contributed by atoms with Crippen LogP contribution in [0.1, 0.15) is 5.56 Å². The third-order valence-electron chi connectivity index (χ3n) is 2.64. The Labute approximate surface area is 95.1 Å². The lowest BCUT2D eigenvalue weighted by atomic mass is 10.2. The predicted octanol–water partition coefficient (Wildman–Crippen LogP) is 0.958. The van der Waals surface area contributed by atoms with Gasteiger partial charge in [-0.25, -0.2) is 0 Å². The normalized spacial score (nSPS) is 22.9. The third-order valence-corrected chi connectivity index (χ3v) is 3.87. The van der Waals surface area contributed by atoms with Gasteiger partial charge in [0.2, 0.25) is 0 Å². The van der Waals surface area contributed by atoms with Gasteiger partial charge in [0, 0.05) is 49.6 Å². The molecule has 2 N–H and O–H groups in total. The molecular weight excluding hydrogens is 206 g/mol. The maximum Gasteiger partial charge on any atom is 0.0298 e. The molecule has 3 nitrogen and oxygen atoms in total. The number of pyridine rings is 1. The molecule has 1 atom stereocenters. The van der Waals surface area contributed by atoms with E-state index >= 15 is 0 Å². The first-order valence-corrected chi connectivity index (χ1v) is 6.36. The zero-order valence-corrected chi connectivity index (χ0v) is 9.62.